The molecule has 2 aromatic carbocycles. The van der Waals surface area contributed by atoms with Crippen molar-refractivity contribution >= 4 is 17.3 Å². The van der Waals surface area contributed by atoms with Crippen LogP contribution in [0.5, 0.6) is 11.5 Å². The number of rotatable bonds is 5. The van der Waals surface area contributed by atoms with Crippen LogP contribution in [0.4, 0.5) is 11.4 Å². The Labute approximate surface area is 123 Å². The lowest BCUT2D eigenvalue weighted by Crippen LogP contribution is -2.15. The summed E-state index contributed by atoms with van der Waals surface area (Å²) in [5.74, 6) is 1.29. The molecule has 5 heteroatoms. The molecule has 0 saturated carbocycles. The molecule has 3 N–H and O–H groups in total. The summed E-state index contributed by atoms with van der Waals surface area (Å²) >= 11 is 0. The van der Waals surface area contributed by atoms with Crippen LogP contribution in [0.25, 0.3) is 0 Å². The number of hydrogen-bond donors (Lipinski definition) is 2. The predicted octanol–water partition coefficient (Wildman–Crippen LogP) is 2.47. The van der Waals surface area contributed by atoms with E-state index in [-0.39, 0.29) is 12.3 Å². The van der Waals surface area contributed by atoms with Crippen LogP contribution in [0.1, 0.15) is 5.56 Å². The number of amides is 1. The van der Waals surface area contributed by atoms with Crippen molar-refractivity contribution in [2.75, 3.05) is 25.3 Å². The molecule has 21 heavy (non-hydrogen) atoms. The number of methoxy groups -OCH3 is 2. The van der Waals surface area contributed by atoms with Crippen LogP contribution in [0.3, 0.4) is 0 Å². The van der Waals surface area contributed by atoms with Gasteiger partial charge in [0.25, 0.3) is 0 Å². The molecule has 0 heterocycles. The Kier molecular flexibility index (Phi) is 4.66. The number of anilines is 2. The molecule has 0 bridgehead atoms. The quantitative estimate of drug-likeness (QED) is 0.828. The summed E-state index contributed by atoms with van der Waals surface area (Å²) in [5, 5.41) is 2.79. The molecule has 0 aliphatic rings. The number of carbonyl (C=O) groups excluding carboxylic acids is 1. The number of nitrogen functional groups attached to an aromatic ring is 1. The molecule has 0 spiro atoms. The Morgan fingerprint density at radius 3 is 2.24 bits per heavy atom. The Bertz CT molecular complexity index is 624. The van der Waals surface area contributed by atoms with Gasteiger partial charge in [0.05, 0.1) is 32.0 Å². The third-order valence-electron chi connectivity index (χ3n) is 3.06. The molecule has 0 radical (unpaired) electrons. The molecule has 0 unspecified atom stereocenters. The van der Waals surface area contributed by atoms with Gasteiger partial charge in [-0.15, -0.1) is 0 Å². The highest BCUT2D eigenvalue weighted by atomic mass is 16.5. The Morgan fingerprint density at radius 2 is 1.67 bits per heavy atom. The molecule has 0 atom stereocenters. The van der Waals surface area contributed by atoms with Gasteiger partial charge < -0.3 is 20.5 Å². The molecule has 0 saturated heterocycles. The predicted molar refractivity (Wildman–Crippen MR) is 82.7 cm³/mol. The maximum Gasteiger partial charge on any atom is 0.228 e. The van der Waals surface area contributed by atoms with Crippen LogP contribution in [-0.4, -0.2) is 20.1 Å². The fourth-order valence-corrected chi connectivity index (χ4v) is 1.90. The first-order valence-corrected chi connectivity index (χ1v) is 6.48. The van der Waals surface area contributed by atoms with Gasteiger partial charge in [0, 0.05) is 6.07 Å². The van der Waals surface area contributed by atoms with E-state index in [0.29, 0.717) is 17.1 Å². The fraction of sp³-hybridized carbons (Fsp3) is 0.188. The van der Waals surface area contributed by atoms with Crippen LogP contribution in [0.2, 0.25) is 0 Å². The first kappa shape index (κ1) is 14.7. The number of ether oxygens (including phenoxy) is 2. The van der Waals surface area contributed by atoms with Gasteiger partial charge in [0.2, 0.25) is 5.91 Å². The molecule has 2 aromatic rings. The molecule has 0 aliphatic heterocycles. The maximum atomic E-state index is 12.0. The average molecular weight is 286 g/mol. The highest BCUT2D eigenvalue weighted by Crippen LogP contribution is 2.24. The van der Waals surface area contributed by atoms with E-state index in [2.05, 4.69) is 5.32 Å². The van der Waals surface area contributed by atoms with Crippen LogP contribution in [-0.2, 0) is 11.2 Å². The van der Waals surface area contributed by atoms with Crippen molar-refractivity contribution < 1.29 is 14.3 Å². The lowest BCUT2D eigenvalue weighted by molar-refractivity contribution is -0.115. The highest BCUT2D eigenvalue weighted by Gasteiger charge is 2.07. The van der Waals surface area contributed by atoms with Crippen molar-refractivity contribution in [2.45, 2.75) is 6.42 Å². The first-order chi connectivity index (χ1) is 10.1. The summed E-state index contributed by atoms with van der Waals surface area (Å²) in [6.45, 7) is 0. The van der Waals surface area contributed by atoms with Crippen molar-refractivity contribution in [3.63, 3.8) is 0 Å². The zero-order chi connectivity index (χ0) is 15.2. The van der Waals surface area contributed by atoms with Gasteiger partial charge in [-0.1, -0.05) is 12.1 Å². The molecule has 2 rings (SSSR count). The second-order valence-corrected chi connectivity index (χ2v) is 4.53. The average Bonchev–Trinajstić information content (AvgIpc) is 2.50. The van der Waals surface area contributed by atoms with E-state index < -0.39 is 0 Å². The van der Waals surface area contributed by atoms with Crippen molar-refractivity contribution in [3.05, 3.63) is 48.0 Å². The summed E-state index contributed by atoms with van der Waals surface area (Å²) in [6.07, 6.45) is 0.273. The second kappa shape index (κ2) is 6.65. The summed E-state index contributed by atoms with van der Waals surface area (Å²) in [5.41, 5.74) is 7.82. The smallest absolute Gasteiger partial charge is 0.228 e. The molecule has 110 valence electrons. The van der Waals surface area contributed by atoms with Crippen molar-refractivity contribution in [3.8, 4) is 11.5 Å². The van der Waals surface area contributed by atoms with E-state index in [1.807, 2.05) is 24.3 Å². The third kappa shape index (κ3) is 3.89. The fourth-order valence-electron chi connectivity index (χ4n) is 1.90. The number of hydrogen-bond acceptors (Lipinski definition) is 4. The van der Waals surface area contributed by atoms with Gasteiger partial charge in [-0.05, 0) is 29.8 Å². The van der Waals surface area contributed by atoms with E-state index in [4.69, 9.17) is 15.2 Å². The molecular formula is C16H18N2O3. The minimum absolute atomic E-state index is 0.128. The molecule has 0 aromatic heterocycles. The lowest BCUT2D eigenvalue weighted by atomic mass is 10.1. The van der Waals surface area contributed by atoms with E-state index in [1.54, 1.807) is 32.4 Å². The molecule has 5 nitrogen and oxygen atoms in total. The van der Waals surface area contributed by atoms with Gasteiger partial charge in [-0.3, -0.25) is 4.79 Å². The number of nitrogens with one attached hydrogen (secondary N) is 1. The normalized spacial score (nSPS) is 10.0. The number of benzene rings is 2. The third-order valence-corrected chi connectivity index (χ3v) is 3.06. The van der Waals surface area contributed by atoms with E-state index >= 15 is 0 Å². The maximum absolute atomic E-state index is 12.0. The Morgan fingerprint density at radius 1 is 1.05 bits per heavy atom. The van der Waals surface area contributed by atoms with Gasteiger partial charge in [0.1, 0.15) is 11.5 Å². The summed E-state index contributed by atoms with van der Waals surface area (Å²) in [6, 6.07) is 12.5. The Balaban J connectivity index is 2.00. The van der Waals surface area contributed by atoms with E-state index in [0.717, 1.165) is 11.3 Å². The monoisotopic (exact) mass is 286 g/mol. The van der Waals surface area contributed by atoms with Gasteiger partial charge >= 0.3 is 0 Å². The summed E-state index contributed by atoms with van der Waals surface area (Å²) < 4.78 is 10.1. The lowest BCUT2D eigenvalue weighted by Gasteiger charge is -2.10. The van der Waals surface area contributed by atoms with Gasteiger partial charge in [-0.2, -0.15) is 0 Å². The first-order valence-electron chi connectivity index (χ1n) is 6.48. The minimum atomic E-state index is -0.128. The second-order valence-electron chi connectivity index (χ2n) is 4.53. The van der Waals surface area contributed by atoms with Crippen molar-refractivity contribution in [1.29, 1.82) is 0 Å². The topological polar surface area (TPSA) is 73.6 Å². The minimum Gasteiger partial charge on any atom is -0.497 e. The summed E-state index contributed by atoms with van der Waals surface area (Å²) in [4.78, 5) is 12.0. The number of carbonyl (C=O) groups is 1. The number of nitrogens with two attached hydrogens (primary N) is 1. The van der Waals surface area contributed by atoms with Crippen LogP contribution >= 0.6 is 0 Å². The molecule has 1 amide bonds. The van der Waals surface area contributed by atoms with E-state index in [9.17, 15) is 4.79 Å². The molecule has 0 aliphatic carbocycles. The van der Waals surface area contributed by atoms with Crippen molar-refractivity contribution in [2.24, 2.45) is 0 Å². The highest BCUT2D eigenvalue weighted by molar-refractivity contribution is 5.95. The van der Waals surface area contributed by atoms with Crippen LogP contribution < -0.4 is 20.5 Å². The molecule has 0 fully saturated rings. The van der Waals surface area contributed by atoms with Gasteiger partial charge in [0.15, 0.2) is 0 Å². The van der Waals surface area contributed by atoms with Crippen molar-refractivity contribution in [1.82, 2.24) is 0 Å². The SMILES string of the molecule is COc1ccc(CC(=O)Nc2ccc(OC)cc2N)cc1. The van der Waals surface area contributed by atoms with Crippen LogP contribution in [0.15, 0.2) is 42.5 Å². The molecular weight excluding hydrogens is 268 g/mol. The zero-order valence-electron chi connectivity index (χ0n) is 12.1. The summed E-state index contributed by atoms with van der Waals surface area (Å²) in [7, 11) is 3.17. The Hall–Kier alpha value is -2.69. The largest absolute Gasteiger partial charge is 0.497 e. The standard InChI is InChI=1S/C16H18N2O3/c1-20-12-5-3-11(4-6-12)9-16(19)18-15-8-7-13(21-2)10-14(15)17/h3-8,10H,9,17H2,1-2H3,(H,18,19). The zero-order valence-corrected chi connectivity index (χ0v) is 12.1. The van der Waals surface area contributed by atoms with E-state index in [1.165, 1.54) is 0 Å². The van der Waals surface area contributed by atoms with Crippen LogP contribution in [0, 0.1) is 0 Å². The van der Waals surface area contributed by atoms with Gasteiger partial charge in [-0.25, -0.2) is 0 Å².